The Bertz CT molecular complexity index is 1480. The first-order valence-corrected chi connectivity index (χ1v) is 12.4. The van der Waals surface area contributed by atoms with Crippen LogP contribution in [0.3, 0.4) is 0 Å². The molecule has 3 aromatic rings. The normalized spacial score (nSPS) is 13.4. The Kier molecular flexibility index (Phi) is 9.37. The summed E-state index contributed by atoms with van der Waals surface area (Å²) in [6, 6.07) is 11.0. The van der Waals surface area contributed by atoms with Crippen LogP contribution in [0.15, 0.2) is 64.2 Å². The summed E-state index contributed by atoms with van der Waals surface area (Å²) in [6.45, 7) is 3.20. The maximum atomic E-state index is 13.7. The summed E-state index contributed by atoms with van der Waals surface area (Å²) >= 11 is 0. The van der Waals surface area contributed by atoms with Crippen molar-refractivity contribution in [1.29, 1.82) is 0 Å². The Morgan fingerprint density at radius 2 is 1.59 bits per heavy atom. The van der Waals surface area contributed by atoms with Gasteiger partial charge in [-0.15, -0.1) is 0 Å². The van der Waals surface area contributed by atoms with Gasteiger partial charge in [-0.1, -0.05) is 56.3 Å². The van der Waals surface area contributed by atoms with Crippen molar-refractivity contribution in [2.75, 3.05) is 0 Å². The predicted molar refractivity (Wildman–Crippen MR) is 143 cm³/mol. The number of carbonyl (C=O) groups is 4. The standard InChI is InChI=1S/C27H31N5O7/c1-15(2)22(26(37)38)31-23(34)19(12-13-21(28)33)29-24(35)20(14-16-8-4-3-5-9-16)32-25(36)17-10-6-7-11-18(17)30-27(32)39/h3-11,15,19-20,22H,12-14H2,1-2H3,(H2,28,33)(H,29,35)(H,30,39)(H,31,34)(H,37,38)/t19-,20-,22-/m0/s1. The van der Waals surface area contributed by atoms with Crippen molar-refractivity contribution in [1.82, 2.24) is 20.2 Å². The number of rotatable bonds is 12. The van der Waals surface area contributed by atoms with Crippen LogP contribution in [0.1, 0.15) is 38.3 Å². The van der Waals surface area contributed by atoms with Gasteiger partial charge in [-0.2, -0.15) is 0 Å². The van der Waals surface area contributed by atoms with Crippen LogP contribution in [0.5, 0.6) is 0 Å². The topological polar surface area (TPSA) is 193 Å². The van der Waals surface area contributed by atoms with Gasteiger partial charge in [0.15, 0.2) is 0 Å². The van der Waals surface area contributed by atoms with Gasteiger partial charge in [0, 0.05) is 12.8 Å². The second-order valence-corrected chi connectivity index (χ2v) is 9.49. The molecule has 39 heavy (non-hydrogen) atoms. The zero-order valence-electron chi connectivity index (χ0n) is 21.5. The van der Waals surface area contributed by atoms with Crippen molar-refractivity contribution < 1.29 is 24.3 Å². The summed E-state index contributed by atoms with van der Waals surface area (Å²) in [7, 11) is 0. The highest BCUT2D eigenvalue weighted by atomic mass is 16.4. The Hall–Kier alpha value is -4.74. The Morgan fingerprint density at radius 3 is 2.21 bits per heavy atom. The van der Waals surface area contributed by atoms with Gasteiger partial charge in [-0.25, -0.2) is 14.2 Å². The van der Waals surface area contributed by atoms with E-state index in [1.54, 1.807) is 62.4 Å². The number of aromatic nitrogens is 2. The molecule has 206 valence electrons. The molecule has 2 aromatic carbocycles. The number of aromatic amines is 1. The van der Waals surface area contributed by atoms with Gasteiger partial charge in [0.05, 0.1) is 10.9 Å². The van der Waals surface area contributed by atoms with Gasteiger partial charge in [-0.3, -0.25) is 19.2 Å². The Labute approximate surface area is 223 Å². The molecule has 12 nitrogen and oxygen atoms in total. The lowest BCUT2D eigenvalue weighted by atomic mass is 10.0. The number of para-hydroxylation sites is 1. The number of fused-ring (bicyclic) bond motifs is 1. The van der Waals surface area contributed by atoms with Crippen LogP contribution in [-0.2, 0) is 25.6 Å². The third-order valence-electron chi connectivity index (χ3n) is 6.27. The highest BCUT2D eigenvalue weighted by molar-refractivity contribution is 5.92. The van der Waals surface area contributed by atoms with Crippen LogP contribution in [0.25, 0.3) is 10.9 Å². The number of nitrogens with one attached hydrogen (secondary N) is 3. The van der Waals surface area contributed by atoms with Gasteiger partial charge in [0.25, 0.3) is 5.56 Å². The molecule has 0 aliphatic carbocycles. The SMILES string of the molecule is CC(C)[C@H](NC(=O)[C@H](CCC(N)=O)NC(=O)[C@H](Cc1ccccc1)n1c(=O)[nH]c2ccccc2c1=O)C(=O)O. The number of aliphatic carboxylic acids is 1. The summed E-state index contributed by atoms with van der Waals surface area (Å²) in [6.07, 6.45) is -0.572. The van der Waals surface area contributed by atoms with E-state index in [2.05, 4.69) is 15.6 Å². The van der Waals surface area contributed by atoms with E-state index in [4.69, 9.17) is 5.73 Å². The molecule has 3 rings (SSSR count). The number of hydrogen-bond acceptors (Lipinski definition) is 6. The quantitative estimate of drug-likeness (QED) is 0.221. The van der Waals surface area contributed by atoms with E-state index in [1.807, 2.05) is 0 Å². The van der Waals surface area contributed by atoms with Crippen LogP contribution in [0, 0.1) is 5.92 Å². The molecule has 0 fully saturated rings. The van der Waals surface area contributed by atoms with Crippen LogP contribution < -0.4 is 27.6 Å². The third-order valence-corrected chi connectivity index (χ3v) is 6.27. The second kappa shape index (κ2) is 12.7. The number of carboxylic acids is 1. The summed E-state index contributed by atoms with van der Waals surface area (Å²) in [5.41, 5.74) is 4.67. The zero-order chi connectivity index (χ0) is 28.7. The van der Waals surface area contributed by atoms with Crippen molar-refractivity contribution >= 4 is 34.6 Å². The monoisotopic (exact) mass is 537 g/mol. The molecule has 0 saturated carbocycles. The molecule has 0 saturated heterocycles. The van der Waals surface area contributed by atoms with Gasteiger partial charge >= 0.3 is 11.7 Å². The number of benzene rings is 2. The first kappa shape index (κ1) is 28.8. The molecule has 0 unspecified atom stereocenters. The molecule has 0 bridgehead atoms. The molecule has 12 heteroatoms. The smallest absolute Gasteiger partial charge is 0.329 e. The highest BCUT2D eigenvalue weighted by Crippen LogP contribution is 2.15. The number of carboxylic acid groups (broad SMARTS) is 1. The first-order valence-electron chi connectivity index (χ1n) is 12.4. The number of H-pyrrole nitrogens is 1. The van der Waals surface area contributed by atoms with Crippen molar-refractivity contribution in [2.45, 2.75) is 51.2 Å². The summed E-state index contributed by atoms with van der Waals surface area (Å²) in [5, 5.41) is 14.5. The van der Waals surface area contributed by atoms with E-state index in [9.17, 15) is 33.9 Å². The average molecular weight is 538 g/mol. The molecular formula is C27H31N5O7. The lowest BCUT2D eigenvalue weighted by Gasteiger charge is -2.25. The van der Waals surface area contributed by atoms with Gasteiger partial charge in [0.2, 0.25) is 17.7 Å². The highest BCUT2D eigenvalue weighted by Gasteiger charge is 2.32. The number of amides is 3. The van der Waals surface area contributed by atoms with Crippen molar-refractivity contribution in [2.24, 2.45) is 11.7 Å². The van der Waals surface area contributed by atoms with Crippen molar-refractivity contribution in [3.8, 4) is 0 Å². The molecule has 1 aromatic heterocycles. The number of nitrogens with two attached hydrogens (primary N) is 1. The number of primary amides is 1. The lowest BCUT2D eigenvalue weighted by molar-refractivity contribution is -0.143. The van der Waals surface area contributed by atoms with Crippen LogP contribution in [0.2, 0.25) is 0 Å². The number of carbonyl (C=O) groups excluding carboxylic acids is 3. The Balaban J connectivity index is 2.02. The molecule has 0 spiro atoms. The van der Waals surface area contributed by atoms with E-state index in [0.717, 1.165) is 4.57 Å². The van der Waals surface area contributed by atoms with Gasteiger partial charge in [0.1, 0.15) is 18.1 Å². The minimum absolute atomic E-state index is 0.0676. The van der Waals surface area contributed by atoms with Gasteiger partial charge < -0.3 is 26.5 Å². The molecule has 3 atom stereocenters. The van der Waals surface area contributed by atoms with E-state index < -0.39 is 59.0 Å². The van der Waals surface area contributed by atoms with Gasteiger partial charge in [-0.05, 0) is 30.0 Å². The molecule has 0 radical (unpaired) electrons. The largest absolute Gasteiger partial charge is 0.480 e. The van der Waals surface area contributed by atoms with E-state index >= 15 is 0 Å². The molecular weight excluding hydrogens is 506 g/mol. The summed E-state index contributed by atoms with van der Waals surface area (Å²) in [4.78, 5) is 78.8. The fourth-order valence-electron chi connectivity index (χ4n) is 4.19. The lowest BCUT2D eigenvalue weighted by Crippen LogP contribution is -2.55. The summed E-state index contributed by atoms with van der Waals surface area (Å²) in [5.74, 6) is -4.16. The van der Waals surface area contributed by atoms with E-state index in [-0.39, 0.29) is 24.6 Å². The zero-order valence-corrected chi connectivity index (χ0v) is 21.5. The molecule has 0 aliphatic heterocycles. The maximum Gasteiger partial charge on any atom is 0.329 e. The average Bonchev–Trinajstić information content (AvgIpc) is 2.88. The van der Waals surface area contributed by atoms with Crippen LogP contribution >= 0.6 is 0 Å². The van der Waals surface area contributed by atoms with Crippen LogP contribution in [0.4, 0.5) is 0 Å². The number of hydrogen-bond donors (Lipinski definition) is 5. The fourth-order valence-corrected chi connectivity index (χ4v) is 4.19. The molecule has 0 aliphatic rings. The Morgan fingerprint density at radius 1 is 0.949 bits per heavy atom. The van der Waals surface area contributed by atoms with Crippen molar-refractivity contribution in [3.63, 3.8) is 0 Å². The first-order chi connectivity index (χ1) is 18.5. The second-order valence-electron chi connectivity index (χ2n) is 9.49. The molecule has 6 N–H and O–H groups in total. The predicted octanol–water partition coefficient (Wildman–Crippen LogP) is 0.449. The molecule has 3 amide bonds. The minimum atomic E-state index is -1.38. The van der Waals surface area contributed by atoms with Crippen molar-refractivity contribution in [3.05, 3.63) is 81.0 Å². The van der Waals surface area contributed by atoms with Crippen LogP contribution in [-0.4, -0.2) is 50.4 Å². The third kappa shape index (κ3) is 7.18. The number of nitrogens with zero attached hydrogens (tertiary/aromatic N) is 1. The summed E-state index contributed by atoms with van der Waals surface area (Å²) < 4.78 is 0.794. The maximum absolute atomic E-state index is 13.7. The van der Waals surface area contributed by atoms with E-state index in [1.165, 1.54) is 6.07 Å². The van der Waals surface area contributed by atoms with E-state index in [0.29, 0.717) is 11.1 Å². The fraction of sp³-hybridized carbons (Fsp3) is 0.333. The molecule has 1 heterocycles. The minimum Gasteiger partial charge on any atom is -0.480 e.